The topological polar surface area (TPSA) is 108 Å². The molecule has 0 spiro atoms. The lowest BCUT2D eigenvalue weighted by atomic mass is 10.1. The Bertz CT molecular complexity index is 1330. The Morgan fingerprint density at radius 1 is 1.00 bits per heavy atom. The number of aromatic nitrogens is 1. The van der Waals surface area contributed by atoms with Crippen LogP contribution < -0.4 is 4.74 Å². The van der Waals surface area contributed by atoms with Gasteiger partial charge in [0.2, 0.25) is 5.78 Å². The molecule has 2 aromatic carbocycles. The molecule has 0 fully saturated rings. The summed E-state index contributed by atoms with van der Waals surface area (Å²) in [5, 5.41) is 9.36. The van der Waals surface area contributed by atoms with Gasteiger partial charge in [0.15, 0.2) is 6.61 Å². The van der Waals surface area contributed by atoms with Crippen molar-refractivity contribution in [2.45, 2.75) is 13.8 Å². The van der Waals surface area contributed by atoms with E-state index in [1.165, 1.54) is 20.3 Å². The maximum absolute atomic E-state index is 12.8. The third kappa shape index (κ3) is 5.65. The lowest BCUT2D eigenvalue weighted by molar-refractivity contribution is -0.137. The molecule has 0 atom stereocenters. The molecule has 0 saturated carbocycles. The van der Waals surface area contributed by atoms with E-state index in [0.29, 0.717) is 28.1 Å². The summed E-state index contributed by atoms with van der Waals surface area (Å²) in [6.07, 6.45) is 1.39. The molecule has 0 unspecified atom stereocenters. The smallest absolute Gasteiger partial charge is 0.349 e. The van der Waals surface area contributed by atoms with Crippen molar-refractivity contribution in [3.63, 3.8) is 0 Å². The monoisotopic (exact) mass is 472 g/mol. The first-order chi connectivity index (χ1) is 16.8. The van der Waals surface area contributed by atoms with Crippen molar-refractivity contribution in [2.24, 2.45) is 0 Å². The van der Waals surface area contributed by atoms with Crippen LogP contribution in [0.2, 0.25) is 0 Å². The molecule has 3 aromatic rings. The minimum Gasteiger partial charge on any atom is -0.497 e. The minimum atomic E-state index is -0.885. The Labute approximate surface area is 203 Å². The zero-order chi connectivity index (χ0) is 25.5. The van der Waals surface area contributed by atoms with Gasteiger partial charge in [0.1, 0.15) is 17.4 Å². The lowest BCUT2D eigenvalue weighted by Crippen LogP contribution is -2.16. The normalized spacial score (nSPS) is 10.9. The molecule has 0 aliphatic carbocycles. The summed E-state index contributed by atoms with van der Waals surface area (Å²) < 4.78 is 16.8. The van der Waals surface area contributed by atoms with Crippen LogP contribution in [0.4, 0.5) is 0 Å². The second kappa shape index (κ2) is 11.0. The summed E-state index contributed by atoms with van der Waals surface area (Å²) in [7, 11) is 2.85. The number of rotatable bonds is 8. The van der Waals surface area contributed by atoms with Gasteiger partial charge in [0, 0.05) is 22.6 Å². The van der Waals surface area contributed by atoms with E-state index in [2.05, 4.69) is 0 Å². The van der Waals surface area contributed by atoms with Crippen molar-refractivity contribution in [3.8, 4) is 17.5 Å². The van der Waals surface area contributed by atoms with Gasteiger partial charge in [-0.2, -0.15) is 5.26 Å². The third-order valence-corrected chi connectivity index (χ3v) is 5.38. The van der Waals surface area contributed by atoms with Gasteiger partial charge in [-0.1, -0.05) is 12.1 Å². The Hall–Kier alpha value is -4.64. The lowest BCUT2D eigenvalue weighted by Gasteiger charge is -2.10. The number of esters is 2. The van der Waals surface area contributed by atoms with Gasteiger partial charge in [-0.05, 0) is 68.0 Å². The molecular weight excluding hydrogens is 448 g/mol. The molecular formula is C27H24N2O6. The average Bonchev–Trinajstić information content (AvgIpc) is 3.19. The zero-order valence-electron chi connectivity index (χ0n) is 19.8. The second-order valence-electron chi connectivity index (χ2n) is 7.60. The number of ketones is 1. The van der Waals surface area contributed by atoms with Crippen LogP contribution >= 0.6 is 0 Å². The Balaban J connectivity index is 1.73. The number of aryl methyl sites for hydroxylation is 1. The predicted octanol–water partition coefficient (Wildman–Crippen LogP) is 4.22. The highest BCUT2D eigenvalue weighted by Crippen LogP contribution is 2.22. The molecule has 0 N–H and O–H groups in total. The molecule has 0 saturated heterocycles. The minimum absolute atomic E-state index is 0.223. The predicted molar refractivity (Wildman–Crippen MR) is 128 cm³/mol. The van der Waals surface area contributed by atoms with E-state index in [4.69, 9.17) is 14.2 Å². The van der Waals surface area contributed by atoms with Crippen molar-refractivity contribution in [3.05, 3.63) is 88.2 Å². The molecule has 8 heteroatoms. The highest BCUT2D eigenvalue weighted by atomic mass is 16.5. The molecule has 0 aliphatic rings. The van der Waals surface area contributed by atoms with E-state index in [0.717, 1.165) is 11.4 Å². The highest BCUT2D eigenvalue weighted by Gasteiger charge is 2.20. The number of benzene rings is 2. The van der Waals surface area contributed by atoms with Crippen molar-refractivity contribution < 1.29 is 28.6 Å². The molecule has 0 amide bonds. The fourth-order valence-corrected chi connectivity index (χ4v) is 3.60. The van der Waals surface area contributed by atoms with Gasteiger partial charge in [0.25, 0.3) is 0 Å². The van der Waals surface area contributed by atoms with E-state index >= 15 is 0 Å². The third-order valence-electron chi connectivity index (χ3n) is 5.38. The van der Waals surface area contributed by atoms with Crippen LogP contribution in [0.15, 0.2) is 60.2 Å². The SMILES string of the molecule is COC(=O)c1ccc(-n2c(C)cc(C(=O)COC(=O)/C(C#N)=C/c3ccc(OC)cc3)c2C)cc1. The number of methoxy groups -OCH3 is 2. The van der Waals surface area contributed by atoms with Crippen LogP contribution in [0.1, 0.15) is 37.7 Å². The van der Waals surface area contributed by atoms with Gasteiger partial charge in [-0.15, -0.1) is 0 Å². The van der Waals surface area contributed by atoms with E-state index in [1.54, 1.807) is 61.5 Å². The molecule has 8 nitrogen and oxygen atoms in total. The van der Waals surface area contributed by atoms with Crippen molar-refractivity contribution in [1.29, 1.82) is 5.26 Å². The van der Waals surface area contributed by atoms with E-state index in [1.807, 2.05) is 17.6 Å². The number of nitriles is 1. The molecule has 3 rings (SSSR count). The largest absolute Gasteiger partial charge is 0.497 e. The van der Waals surface area contributed by atoms with E-state index in [-0.39, 0.29) is 5.57 Å². The average molecular weight is 472 g/mol. The number of hydrogen-bond donors (Lipinski definition) is 0. The maximum Gasteiger partial charge on any atom is 0.349 e. The summed E-state index contributed by atoms with van der Waals surface area (Å²) in [4.78, 5) is 36.9. The number of carbonyl (C=O) groups excluding carboxylic acids is 3. The molecule has 1 aromatic heterocycles. The molecule has 178 valence electrons. The van der Waals surface area contributed by atoms with Crippen LogP contribution in [-0.4, -0.2) is 43.1 Å². The van der Waals surface area contributed by atoms with Crippen LogP contribution in [-0.2, 0) is 14.3 Å². The van der Waals surface area contributed by atoms with Crippen molar-refractivity contribution in [1.82, 2.24) is 4.57 Å². The van der Waals surface area contributed by atoms with Crippen molar-refractivity contribution in [2.75, 3.05) is 20.8 Å². The quantitative estimate of drug-likeness (QED) is 0.209. The Kier molecular flexibility index (Phi) is 7.85. The van der Waals surface area contributed by atoms with Gasteiger partial charge < -0.3 is 18.8 Å². The van der Waals surface area contributed by atoms with Gasteiger partial charge in [0.05, 0.1) is 19.8 Å². The number of carbonyl (C=O) groups is 3. The molecule has 0 aliphatic heterocycles. The summed E-state index contributed by atoms with van der Waals surface area (Å²) in [6, 6.07) is 17.1. The van der Waals surface area contributed by atoms with Gasteiger partial charge >= 0.3 is 11.9 Å². The summed E-state index contributed by atoms with van der Waals surface area (Å²) in [5.74, 6) is -1.08. The molecule has 1 heterocycles. The van der Waals surface area contributed by atoms with Gasteiger partial charge in [-0.25, -0.2) is 9.59 Å². The number of nitrogens with zero attached hydrogens (tertiary/aromatic N) is 2. The van der Waals surface area contributed by atoms with Crippen LogP contribution in [0, 0.1) is 25.2 Å². The first kappa shape index (κ1) is 25.0. The molecule has 35 heavy (non-hydrogen) atoms. The summed E-state index contributed by atoms with van der Waals surface area (Å²) >= 11 is 0. The fraction of sp³-hybridized carbons (Fsp3) is 0.185. The van der Waals surface area contributed by atoms with Crippen LogP contribution in [0.5, 0.6) is 5.75 Å². The Morgan fingerprint density at radius 2 is 1.66 bits per heavy atom. The first-order valence-corrected chi connectivity index (χ1v) is 10.6. The standard InChI is InChI=1S/C27H24N2O6/c1-17-13-24(18(2)29(17)22-9-7-20(8-10-22)26(31)34-4)25(30)16-35-27(32)21(15-28)14-19-5-11-23(33-3)12-6-19/h5-14H,16H2,1-4H3/b21-14+. The first-order valence-electron chi connectivity index (χ1n) is 10.6. The molecule has 0 bridgehead atoms. The van der Waals surface area contributed by atoms with Crippen LogP contribution in [0.3, 0.4) is 0 Å². The zero-order valence-corrected chi connectivity index (χ0v) is 19.8. The fourth-order valence-electron chi connectivity index (χ4n) is 3.60. The van der Waals surface area contributed by atoms with E-state index < -0.39 is 24.3 Å². The second-order valence-corrected chi connectivity index (χ2v) is 7.60. The Morgan fingerprint density at radius 3 is 2.23 bits per heavy atom. The number of Topliss-reactive ketones (excluding diaryl/α,β-unsaturated/α-hetero) is 1. The number of ether oxygens (including phenoxy) is 3. The highest BCUT2D eigenvalue weighted by molar-refractivity contribution is 6.02. The molecule has 0 radical (unpaired) electrons. The number of hydrogen-bond acceptors (Lipinski definition) is 7. The van der Waals surface area contributed by atoms with E-state index in [9.17, 15) is 19.6 Å². The van der Waals surface area contributed by atoms with Crippen molar-refractivity contribution >= 4 is 23.8 Å². The van der Waals surface area contributed by atoms with Crippen LogP contribution in [0.25, 0.3) is 11.8 Å². The summed E-state index contributed by atoms with van der Waals surface area (Å²) in [6.45, 7) is 3.11. The van der Waals surface area contributed by atoms with Gasteiger partial charge in [-0.3, -0.25) is 4.79 Å². The maximum atomic E-state index is 12.8. The summed E-state index contributed by atoms with van der Waals surface area (Å²) in [5.41, 5.74) is 3.41.